The van der Waals surface area contributed by atoms with E-state index in [0.29, 0.717) is 6.42 Å². The zero-order valence-electron chi connectivity index (χ0n) is 8.48. The van der Waals surface area contributed by atoms with Crippen LogP contribution >= 0.6 is 15.9 Å². The highest BCUT2D eigenvalue weighted by Gasteiger charge is 2.33. The Morgan fingerprint density at radius 1 is 1.23 bits per heavy atom. The van der Waals surface area contributed by atoms with Gasteiger partial charge in [-0.05, 0) is 12.8 Å². The van der Waals surface area contributed by atoms with Gasteiger partial charge in [-0.1, -0.05) is 55.5 Å². The molecule has 0 aliphatic carbocycles. The third-order valence-corrected chi connectivity index (χ3v) is 3.34. The van der Waals surface area contributed by atoms with Crippen molar-refractivity contribution < 1.29 is 9.90 Å². The number of alkyl halides is 1. The summed E-state index contributed by atoms with van der Waals surface area (Å²) >= 11 is 3.34. The standard InChI is InChI=1S/C10H19BrO2/c1-3-5-6-8-10(11,7-4-2)9(12)13/h3-8H2,1-2H3,(H,12,13). The van der Waals surface area contributed by atoms with Crippen LogP contribution in [-0.4, -0.2) is 15.4 Å². The molecule has 1 N–H and O–H groups in total. The molecule has 0 amide bonds. The molecule has 0 radical (unpaired) electrons. The molecule has 1 unspecified atom stereocenters. The lowest BCUT2D eigenvalue weighted by atomic mass is 9.96. The molecule has 0 aliphatic rings. The summed E-state index contributed by atoms with van der Waals surface area (Å²) in [5, 5.41) is 9.02. The van der Waals surface area contributed by atoms with Crippen LogP contribution in [0.25, 0.3) is 0 Å². The van der Waals surface area contributed by atoms with Crippen molar-refractivity contribution in [2.45, 2.75) is 56.7 Å². The fourth-order valence-electron chi connectivity index (χ4n) is 1.39. The lowest BCUT2D eigenvalue weighted by Crippen LogP contribution is -2.31. The molecule has 78 valence electrons. The highest BCUT2D eigenvalue weighted by atomic mass is 79.9. The van der Waals surface area contributed by atoms with Crippen molar-refractivity contribution in [3.63, 3.8) is 0 Å². The van der Waals surface area contributed by atoms with Crippen LogP contribution in [0.4, 0.5) is 0 Å². The van der Waals surface area contributed by atoms with Crippen LogP contribution in [0.1, 0.15) is 52.4 Å². The number of carboxylic acids is 1. The maximum Gasteiger partial charge on any atom is 0.320 e. The van der Waals surface area contributed by atoms with E-state index in [1.807, 2.05) is 6.92 Å². The van der Waals surface area contributed by atoms with Crippen LogP contribution in [0.5, 0.6) is 0 Å². The molecule has 0 saturated heterocycles. The highest BCUT2D eigenvalue weighted by Crippen LogP contribution is 2.30. The first-order chi connectivity index (χ1) is 6.06. The van der Waals surface area contributed by atoms with Crippen molar-refractivity contribution in [3.05, 3.63) is 0 Å². The minimum absolute atomic E-state index is 0.670. The molecule has 0 aliphatic heterocycles. The molecular formula is C10H19BrO2. The van der Waals surface area contributed by atoms with Crippen molar-refractivity contribution in [2.24, 2.45) is 0 Å². The van der Waals surface area contributed by atoms with E-state index in [2.05, 4.69) is 22.9 Å². The smallest absolute Gasteiger partial charge is 0.320 e. The molecule has 3 heteroatoms. The van der Waals surface area contributed by atoms with Crippen LogP contribution in [0.3, 0.4) is 0 Å². The zero-order valence-corrected chi connectivity index (χ0v) is 10.1. The van der Waals surface area contributed by atoms with E-state index in [1.165, 1.54) is 0 Å². The number of unbranched alkanes of at least 4 members (excludes halogenated alkanes) is 2. The number of hydrogen-bond acceptors (Lipinski definition) is 1. The quantitative estimate of drug-likeness (QED) is 0.554. The highest BCUT2D eigenvalue weighted by molar-refractivity contribution is 9.10. The van der Waals surface area contributed by atoms with Gasteiger partial charge in [-0.2, -0.15) is 0 Å². The molecular weight excluding hydrogens is 232 g/mol. The Morgan fingerprint density at radius 3 is 2.23 bits per heavy atom. The van der Waals surface area contributed by atoms with Gasteiger partial charge in [0, 0.05) is 0 Å². The Bertz CT molecular complexity index is 159. The molecule has 13 heavy (non-hydrogen) atoms. The number of hydrogen-bond donors (Lipinski definition) is 1. The Labute approximate surface area is 88.8 Å². The number of carbonyl (C=O) groups is 1. The molecule has 0 spiro atoms. The largest absolute Gasteiger partial charge is 0.480 e. The predicted octanol–water partition coefficient (Wildman–Crippen LogP) is 3.59. The van der Waals surface area contributed by atoms with E-state index < -0.39 is 10.3 Å². The van der Waals surface area contributed by atoms with Crippen LogP contribution in [0, 0.1) is 0 Å². The van der Waals surface area contributed by atoms with Gasteiger partial charge in [0.15, 0.2) is 0 Å². The van der Waals surface area contributed by atoms with Gasteiger partial charge in [0.2, 0.25) is 0 Å². The van der Waals surface area contributed by atoms with Crippen LogP contribution in [-0.2, 0) is 4.79 Å². The van der Waals surface area contributed by atoms with Gasteiger partial charge in [0.25, 0.3) is 0 Å². The summed E-state index contributed by atoms with van der Waals surface area (Å²) in [5.41, 5.74) is 0. The predicted molar refractivity (Wildman–Crippen MR) is 58.3 cm³/mol. The summed E-state index contributed by atoms with van der Waals surface area (Å²) in [4.78, 5) is 11.0. The molecule has 0 aromatic rings. The van der Waals surface area contributed by atoms with Gasteiger partial charge in [-0.25, -0.2) is 0 Å². The summed E-state index contributed by atoms with van der Waals surface area (Å²) in [6.07, 6.45) is 5.60. The van der Waals surface area contributed by atoms with E-state index >= 15 is 0 Å². The van der Waals surface area contributed by atoms with Gasteiger partial charge in [0.1, 0.15) is 4.32 Å². The first-order valence-electron chi connectivity index (χ1n) is 4.99. The lowest BCUT2D eigenvalue weighted by Gasteiger charge is -2.21. The lowest BCUT2D eigenvalue weighted by molar-refractivity contribution is -0.140. The Balaban J connectivity index is 4.00. The van der Waals surface area contributed by atoms with Gasteiger partial charge in [0.05, 0.1) is 0 Å². The summed E-state index contributed by atoms with van der Waals surface area (Å²) in [6, 6.07) is 0. The van der Waals surface area contributed by atoms with E-state index in [1.54, 1.807) is 0 Å². The normalized spacial score (nSPS) is 15.3. The average Bonchev–Trinajstić information content (AvgIpc) is 2.05. The Hall–Kier alpha value is -0.0500. The number of halogens is 1. The van der Waals surface area contributed by atoms with Crippen molar-refractivity contribution in [1.82, 2.24) is 0 Å². The van der Waals surface area contributed by atoms with Gasteiger partial charge in [-0.15, -0.1) is 0 Å². The Kier molecular flexibility index (Phi) is 6.39. The molecule has 0 bridgehead atoms. The second kappa shape index (κ2) is 6.41. The van der Waals surface area contributed by atoms with E-state index in [0.717, 1.165) is 32.1 Å². The van der Waals surface area contributed by atoms with Crippen LogP contribution in [0.2, 0.25) is 0 Å². The second-order valence-corrected chi connectivity index (χ2v) is 5.00. The van der Waals surface area contributed by atoms with Gasteiger partial charge < -0.3 is 5.11 Å². The summed E-state index contributed by atoms with van der Waals surface area (Å²) < 4.78 is -0.670. The fraction of sp³-hybridized carbons (Fsp3) is 0.900. The van der Waals surface area contributed by atoms with Gasteiger partial charge >= 0.3 is 5.97 Å². The molecule has 0 heterocycles. The van der Waals surface area contributed by atoms with Crippen molar-refractivity contribution >= 4 is 21.9 Å². The topological polar surface area (TPSA) is 37.3 Å². The fourth-order valence-corrected chi connectivity index (χ4v) is 2.07. The molecule has 0 fully saturated rings. The van der Waals surface area contributed by atoms with Crippen LogP contribution < -0.4 is 0 Å². The number of aliphatic carboxylic acids is 1. The first-order valence-corrected chi connectivity index (χ1v) is 5.78. The third-order valence-electron chi connectivity index (χ3n) is 2.21. The van der Waals surface area contributed by atoms with Crippen molar-refractivity contribution in [3.8, 4) is 0 Å². The van der Waals surface area contributed by atoms with Crippen molar-refractivity contribution in [2.75, 3.05) is 0 Å². The summed E-state index contributed by atoms with van der Waals surface area (Å²) in [5.74, 6) is -0.717. The van der Waals surface area contributed by atoms with E-state index in [-0.39, 0.29) is 0 Å². The molecule has 0 aromatic heterocycles. The zero-order chi connectivity index (χ0) is 10.3. The minimum atomic E-state index is -0.717. The third kappa shape index (κ3) is 4.65. The monoisotopic (exact) mass is 250 g/mol. The molecule has 1 atom stereocenters. The SMILES string of the molecule is CCCCCC(Br)(CCC)C(=O)O. The average molecular weight is 251 g/mol. The number of carboxylic acid groups (broad SMARTS) is 1. The maximum atomic E-state index is 11.0. The molecule has 0 rings (SSSR count). The van der Waals surface area contributed by atoms with E-state index in [9.17, 15) is 4.79 Å². The van der Waals surface area contributed by atoms with Crippen molar-refractivity contribution in [1.29, 1.82) is 0 Å². The molecule has 0 saturated carbocycles. The summed E-state index contributed by atoms with van der Waals surface area (Å²) in [7, 11) is 0. The first kappa shape index (κ1) is 12.9. The maximum absolute atomic E-state index is 11.0. The van der Waals surface area contributed by atoms with Gasteiger partial charge in [-0.3, -0.25) is 4.79 Å². The molecule has 0 aromatic carbocycles. The van der Waals surface area contributed by atoms with E-state index in [4.69, 9.17) is 5.11 Å². The molecule has 2 nitrogen and oxygen atoms in total. The minimum Gasteiger partial charge on any atom is -0.480 e. The van der Waals surface area contributed by atoms with Crippen LogP contribution in [0.15, 0.2) is 0 Å². The number of rotatable bonds is 7. The summed E-state index contributed by atoms with van der Waals surface area (Å²) in [6.45, 7) is 4.13. The second-order valence-electron chi connectivity index (χ2n) is 3.48. The Morgan fingerprint density at radius 2 is 1.85 bits per heavy atom.